The molecule has 0 saturated carbocycles. The summed E-state index contributed by atoms with van der Waals surface area (Å²) in [6, 6.07) is 7.98. The first-order valence-corrected chi connectivity index (χ1v) is 9.51. The van der Waals surface area contributed by atoms with Gasteiger partial charge in [0, 0.05) is 44.8 Å². The summed E-state index contributed by atoms with van der Waals surface area (Å²) in [5, 5.41) is 7.52. The van der Waals surface area contributed by atoms with E-state index in [1.165, 1.54) is 5.56 Å². The van der Waals surface area contributed by atoms with Gasteiger partial charge in [-0.15, -0.1) is 0 Å². The number of halogens is 1. The Morgan fingerprint density at radius 2 is 1.80 bits per heavy atom. The summed E-state index contributed by atoms with van der Waals surface area (Å²) in [4.78, 5) is 6.76. The van der Waals surface area contributed by atoms with Crippen LogP contribution in [0.15, 0.2) is 29.3 Å². The van der Waals surface area contributed by atoms with E-state index >= 15 is 0 Å². The fourth-order valence-electron chi connectivity index (χ4n) is 3.17. The van der Waals surface area contributed by atoms with Gasteiger partial charge in [-0.2, -0.15) is 0 Å². The van der Waals surface area contributed by atoms with Crippen LogP contribution in [0.1, 0.15) is 25.8 Å². The van der Waals surface area contributed by atoms with Crippen LogP contribution in [-0.4, -0.2) is 62.8 Å². The quantitative estimate of drug-likeness (QED) is 0.442. The summed E-state index contributed by atoms with van der Waals surface area (Å²) < 4.78 is 5.77. The highest BCUT2D eigenvalue weighted by molar-refractivity contribution is 6.30. The van der Waals surface area contributed by atoms with Crippen molar-refractivity contribution in [3.63, 3.8) is 0 Å². The molecule has 2 atom stereocenters. The number of aliphatic imine (C=N–C) groups is 1. The van der Waals surface area contributed by atoms with E-state index in [1.807, 2.05) is 19.2 Å². The lowest BCUT2D eigenvalue weighted by Crippen LogP contribution is -2.46. The van der Waals surface area contributed by atoms with Gasteiger partial charge in [0.15, 0.2) is 5.96 Å². The van der Waals surface area contributed by atoms with Crippen molar-refractivity contribution >= 4 is 17.6 Å². The number of rotatable bonds is 7. The van der Waals surface area contributed by atoms with Gasteiger partial charge in [-0.25, -0.2) is 0 Å². The molecule has 2 rings (SSSR count). The third kappa shape index (κ3) is 7.63. The van der Waals surface area contributed by atoms with Crippen LogP contribution in [0.2, 0.25) is 5.02 Å². The molecule has 0 spiro atoms. The summed E-state index contributed by atoms with van der Waals surface area (Å²) in [6.07, 6.45) is 2.71. The Labute approximate surface area is 156 Å². The second-order valence-electron chi connectivity index (χ2n) is 6.67. The summed E-state index contributed by atoms with van der Waals surface area (Å²) in [5.74, 6) is 0.859. The lowest BCUT2D eigenvalue weighted by atomic mass is 10.1. The minimum absolute atomic E-state index is 0.332. The van der Waals surface area contributed by atoms with Gasteiger partial charge in [0.05, 0.1) is 12.2 Å². The van der Waals surface area contributed by atoms with Crippen molar-refractivity contribution < 1.29 is 4.74 Å². The number of benzene rings is 1. The van der Waals surface area contributed by atoms with E-state index in [9.17, 15) is 0 Å². The summed E-state index contributed by atoms with van der Waals surface area (Å²) in [7, 11) is 1.81. The largest absolute Gasteiger partial charge is 0.373 e. The van der Waals surface area contributed by atoms with Crippen molar-refractivity contribution in [2.75, 3.05) is 39.8 Å². The molecule has 5 nitrogen and oxygen atoms in total. The van der Waals surface area contributed by atoms with Gasteiger partial charge in [-0.3, -0.25) is 9.89 Å². The van der Waals surface area contributed by atoms with Gasteiger partial charge in [0.1, 0.15) is 0 Å². The molecule has 1 saturated heterocycles. The average molecular weight is 367 g/mol. The minimum Gasteiger partial charge on any atom is -0.373 e. The molecule has 2 unspecified atom stereocenters. The van der Waals surface area contributed by atoms with Crippen LogP contribution >= 0.6 is 11.6 Å². The number of nitrogens with zero attached hydrogens (tertiary/aromatic N) is 2. The van der Waals surface area contributed by atoms with Crippen molar-refractivity contribution in [2.24, 2.45) is 4.99 Å². The van der Waals surface area contributed by atoms with Gasteiger partial charge < -0.3 is 15.4 Å². The molecule has 25 heavy (non-hydrogen) atoms. The SMILES string of the molecule is CN=C(NCCCN1CC(C)OC(C)C1)NCCc1ccc(Cl)cc1. The number of guanidine groups is 1. The third-order valence-electron chi connectivity index (χ3n) is 4.28. The zero-order valence-corrected chi connectivity index (χ0v) is 16.4. The Morgan fingerprint density at radius 3 is 2.44 bits per heavy atom. The molecule has 140 valence electrons. The standard InChI is InChI=1S/C19H31ClN4O/c1-15-13-24(14-16(2)25-15)12-4-10-22-19(21-3)23-11-9-17-5-7-18(20)8-6-17/h5-8,15-16H,4,9-14H2,1-3H3,(H2,21,22,23). The molecular weight excluding hydrogens is 336 g/mol. The van der Waals surface area contributed by atoms with Crippen LogP contribution in [0.4, 0.5) is 0 Å². The zero-order chi connectivity index (χ0) is 18.1. The lowest BCUT2D eigenvalue weighted by Gasteiger charge is -2.35. The third-order valence-corrected chi connectivity index (χ3v) is 4.53. The van der Waals surface area contributed by atoms with E-state index in [4.69, 9.17) is 16.3 Å². The Kier molecular flexibility index (Phi) is 8.52. The van der Waals surface area contributed by atoms with E-state index in [1.54, 1.807) is 0 Å². The number of ether oxygens (including phenoxy) is 1. The number of morpholine rings is 1. The van der Waals surface area contributed by atoms with E-state index in [2.05, 4.69) is 46.5 Å². The van der Waals surface area contributed by atoms with E-state index in [0.717, 1.165) is 56.5 Å². The Balaban J connectivity index is 1.59. The number of hydrogen-bond donors (Lipinski definition) is 2. The molecule has 0 aromatic heterocycles. The average Bonchev–Trinajstić information content (AvgIpc) is 2.58. The molecule has 0 radical (unpaired) electrons. The predicted octanol–water partition coefficient (Wildman–Crippen LogP) is 2.55. The number of nitrogens with one attached hydrogen (secondary N) is 2. The second kappa shape index (κ2) is 10.6. The van der Waals surface area contributed by atoms with Gasteiger partial charge in [0.25, 0.3) is 0 Å². The molecule has 1 heterocycles. The van der Waals surface area contributed by atoms with E-state index < -0.39 is 0 Å². The fraction of sp³-hybridized carbons (Fsp3) is 0.632. The summed E-state index contributed by atoms with van der Waals surface area (Å²) in [6.45, 7) is 9.20. The van der Waals surface area contributed by atoms with Gasteiger partial charge >= 0.3 is 0 Å². The predicted molar refractivity (Wildman–Crippen MR) is 106 cm³/mol. The maximum atomic E-state index is 5.91. The van der Waals surface area contributed by atoms with Crippen molar-refractivity contribution in [3.05, 3.63) is 34.9 Å². The van der Waals surface area contributed by atoms with E-state index in [-0.39, 0.29) is 0 Å². The molecule has 1 aromatic rings. The van der Waals surface area contributed by atoms with Crippen LogP contribution in [0.25, 0.3) is 0 Å². The molecule has 1 aliphatic rings. The first-order valence-electron chi connectivity index (χ1n) is 9.13. The zero-order valence-electron chi connectivity index (χ0n) is 15.6. The smallest absolute Gasteiger partial charge is 0.190 e. The van der Waals surface area contributed by atoms with Crippen LogP contribution in [-0.2, 0) is 11.2 Å². The van der Waals surface area contributed by atoms with Crippen molar-refractivity contribution in [1.82, 2.24) is 15.5 Å². The Morgan fingerprint density at radius 1 is 1.16 bits per heavy atom. The highest BCUT2D eigenvalue weighted by atomic mass is 35.5. The Hall–Kier alpha value is -1.30. The molecular formula is C19H31ClN4O. The summed E-state index contributed by atoms with van der Waals surface area (Å²) >= 11 is 5.91. The highest BCUT2D eigenvalue weighted by Gasteiger charge is 2.21. The Bertz CT molecular complexity index is 525. The molecule has 1 fully saturated rings. The maximum Gasteiger partial charge on any atom is 0.190 e. The van der Waals surface area contributed by atoms with Crippen molar-refractivity contribution in [1.29, 1.82) is 0 Å². The van der Waals surface area contributed by atoms with Gasteiger partial charge in [-0.1, -0.05) is 23.7 Å². The lowest BCUT2D eigenvalue weighted by molar-refractivity contribution is -0.0679. The molecule has 1 aromatic carbocycles. The maximum absolute atomic E-state index is 5.91. The first-order chi connectivity index (χ1) is 12.1. The summed E-state index contributed by atoms with van der Waals surface area (Å²) in [5.41, 5.74) is 1.27. The molecule has 0 bridgehead atoms. The molecule has 0 aliphatic carbocycles. The van der Waals surface area contributed by atoms with Crippen LogP contribution < -0.4 is 10.6 Å². The topological polar surface area (TPSA) is 48.9 Å². The van der Waals surface area contributed by atoms with Gasteiger partial charge in [0.2, 0.25) is 0 Å². The minimum atomic E-state index is 0.332. The highest BCUT2D eigenvalue weighted by Crippen LogP contribution is 2.11. The normalized spacial score (nSPS) is 22.0. The monoisotopic (exact) mass is 366 g/mol. The molecule has 0 amide bonds. The first kappa shape index (κ1) is 20.0. The number of hydrogen-bond acceptors (Lipinski definition) is 3. The molecule has 1 aliphatic heterocycles. The van der Waals surface area contributed by atoms with Crippen molar-refractivity contribution in [3.8, 4) is 0 Å². The van der Waals surface area contributed by atoms with Crippen LogP contribution in [0, 0.1) is 0 Å². The fourth-order valence-corrected chi connectivity index (χ4v) is 3.30. The van der Waals surface area contributed by atoms with Crippen LogP contribution in [0.3, 0.4) is 0 Å². The molecule has 2 N–H and O–H groups in total. The second-order valence-corrected chi connectivity index (χ2v) is 7.11. The molecule has 6 heteroatoms. The van der Waals surface area contributed by atoms with Gasteiger partial charge in [-0.05, 0) is 44.4 Å². The van der Waals surface area contributed by atoms with Crippen molar-refractivity contribution in [2.45, 2.75) is 38.9 Å². The van der Waals surface area contributed by atoms with E-state index in [0.29, 0.717) is 12.2 Å². The van der Waals surface area contributed by atoms with Crippen LogP contribution in [0.5, 0.6) is 0 Å².